The van der Waals surface area contributed by atoms with E-state index >= 15 is 0 Å². The molecular weight excluding hydrogens is 378 g/mol. The lowest BCUT2D eigenvalue weighted by atomic mass is 9.77. The zero-order valence-electron chi connectivity index (χ0n) is 19.5. The first-order chi connectivity index (χ1) is 15.1. The number of likely N-dealkylation sites (N-methyl/N-ethyl adjacent to an activating group) is 1. The van der Waals surface area contributed by atoms with E-state index in [2.05, 4.69) is 49.9 Å². The first-order valence-corrected chi connectivity index (χ1v) is 12.2. The number of hydrogen-bond acceptors (Lipinski definition) is 1. The number of rotatable bonds is 10. The van der Waals surface area contributed by atoms with E-state index in [0.717, 1.165) is 17.5 Å². The van der Waals surface area contributed by atoms with Crippen molar-refractivity contribution in [3.63, 3.8) is 0 Å². The summed E-state index contributed by atoms with van der Waals surface area (Å²) in [7, 11) is 1.77. The van der Waals surface area contributed by atoms with E-state index in [9.17, 15) is 4.79 Å². The van der Waals surface area contributed by atoms with Crippen molar-refractivity contribution >= 4 is 11.6 Å². The van der Waals surface area contributed by atoms with Crippen LogP contribution in [0.1, 0.15) is 82.6 Å². The van der Waals surface area contributed by atoms with Crippen LogP contribution in [0.5, 0.6) is 0 Å². The number of anilines is 1. The summed E-state index contributed by atoms with van der Waals surface area (Å²) in [5.41, 5.74) is 4.79. The van der Waals surface area contributed by atoms with Gasteiger partial charge in [-0.05, 0) is 72.4 Å². The van der Waals surface area contributed by atoms with Gasteiger partial charge in [-0.15, -0.1) is 0 Å². The van der Waals surface area contributed by atoms with Crippen molar-refractivity contribution in [1.29, 1.82) is 0 Å². The summed E-state index contributed by atoms with van der Waals surface area (Å²) in [5, 5.41) is 0. The summed E-state index contributed by atoms with van der Waals surface area (Å²) in [5.74, 6) is 1.59. The van der Waals surface area contributed by atoms with Gasteiger partial charge in [0, 0.05) is 12.7 Å². The van der Waals surface area contributed by atoms with Crippen LogP contribution in [0, 0.1) is 5.92 Å². The maximum atomic E-state index is 11.8. The minimum atomic E-state index is -0.0942. The van der Waals surface area contributed by atoms with Gasteiger partial charge in [0.05, 0.1) is 0 Å². The lowest BCUT2D eigenvalue weighted by Crippen LogP contribution is -2.23. The second kappa shape index (κ2) is 11.9. The third kappa shape index (κ3) is 6.56. The van der Waals surface area contributed by atoms with E-state index in [1.165, 1.54) is 87.0 Å². The van der Waals surface area contributed by atoms with E-state index in [0.29, 0.717) is 0 Å². The maximum Gasteiger partial charge on any atom is 0.250 e. The molecule has 1 fully saturated rings. The molecule has 1 saturated carbocycles. The molecule has 0 saturated heterocycles. The van der Waals surface area contributed by atoms with Crippen molar-refractivity contribution < 1.29 is 4.79 Å². The van der Waals surface area contributed by atoms with Crippen molar-refractivity contribution in [2.45, 2.75) is 77.0 Å². The predicted molar refractivity (Wildman–Crippen MR) is 134 cm³/mol. The molecule has 3 rings (SSSR count). The molecule has 2 aromatic carbocycles. The maximum absolute atomic E-state index is 11.8. The molecule has 2 aromatic rings. The molecule has 0 N–H and O–H groups in total. The molecule has 1 aliphatic carbocycles. The molecule has 2 heteroatoms. The van der Waals surface area contributed by atoms with E-state index in [4.69, 9.17) is 0 Å². The Labute approximate surface area is 189 Å². The van der Waals surface area contributed by atoms with Gasteiger partial charge < -0.3 is 4.90 Å². The second-order valence-electron chi connectivity index (χ2n) is 9.19. The zero-order valence-corrected chi connectivity index (χ0v) is 19.5. The van der Waals surface area contributed by atoms with Crippen molar-refractivity contribution in [3.05, 3.63) is 66.7 Å². The summed E-state index contributed by atoms with van der Waals surface area (Å²) in [4.78, 5) is 13.4. The first kappa shape index (κ1) is 23.3. The lowest BCUT2D eigenvalue weighted by molar-refractivity contribution is -0.113. The van der Waals surface area contributed by atoms with Crippen molar-refractivity contribution in [3.8, 4) is 11.1 Å². The van der Waals surface area contributed by atoms with Gasteiger partial charge in [0.15, 0.2) is 0 Å². The average Bonchev–Trinajstić information content (AvgIpc) is 2.83. The van der Waals surface area contributed by atoms with Gasteiger partial charge in [-0.3, -0.25) is 4.79 Å². The van der Waals surface area contributed by atoms with Crippen LogP contribution in [0.25, 0.3) is 11.1 Å². The number of benzene rings is 2. The van der Waals surface area contributed by atoms with Gasteiger partial charge in [0.2, 0.25) is 5.91 Å². The standard InChI is InChI=1S/C29H39NO/c1-4-6-7-8-9-10-23-11-13-24(14-12-23)25-15-17-26(18-16-25)27-19-21-28(22-20-27)30(3)29(31)5-2/h5,15-24H,2,4,6-14H2,1,3H3. The predicted octanol–water partition coefficient (Wildman–Crippen LogP) is 8.14. The van der Waals surface area contributed by atoms with Gasteiger partial charge >= 0.3 is 0 Å². The lowest BCUT2D eigenvalue weighted by Gasteiger charge is -2.29. The van der Waals surface area contributed by atoms with Crippen LogP contribution in [0.3, 0.4) is 0 Å². The fraction of sp³-hybridized carbons (Fsp3) is 0.483. The van der Waals surface area contributed by atoms with Crippen LogP contribution in [0.4, 0.5) is 5.69 Å². The Kier molecular flexibility index (Phi) is 8.94. The molecule has 1 aliphatic rings. The van der Waals surface area contributed by atoms with Crippen LogP contribution >= 0.6 is 0 Å². The Morgan fingerprint density at radius 3 is 2.06 bits per heavy atom. The number of unbranched alkanes of at least 4 members (excludes halogenated alkanes) is 4. The quantitative estimate of drug-likeness (QED) is 0.282. The van der Waals surface area contributed by atoms with Crippen LogP contribution in [-0.2, 0) is 4.79 Å². The highest BCUT2D eigenvalue weighted by molar-refractivity contribution is 6.00. The number of carbonyl (C=O) groups excluding carboxylic acids is 1. The fourth-order valence-electron chi connectivity index (χ4n) is 4.91. The molecule has 0 unspecified atom stereocenters. The Morgan fingerprint density at radius 2 is 1.48 bits per heavy atom. The van der Waals surface area contributed by atoms with E-state index in [1.54, 1.807) is 11.9 Å². The highest BCUT2D eigenvalue weighted by Crippen LogP contribution is 2.38. The number of carbonyl (C=O) groups is 1. The summed E-state index contributed by atoms with van der Waals surface area (Å²) < 4.78 is 0. The number of hydrogen-bond donors (Lipinski definition) is 0. The van der Waals surface area contributed by atoms with Crippen LogP contribution in [0.2, 0.25) is 0 Å². The van der Waals surface area contributed by atoms with E-state index in [1.807, 2.05) is 12.1 Å². The first-order valence-electron chi connectivity index (χ1n) is 12.2. The van der Waals surface area contributed by atoms with Crippen LogP contribution < -0.4 is 4.90 Å². The SMILES string of the molecule is C=CC(=O)N(C)c1ccc(-c2ccc(C3CCC(CCCCCCC)CC3)cc2)cc1. The summed E-state index contributed by atoms with van der Waals surface area (Å²) in [6.07, 6.45) is 15.3. The molecule has 0 spiro atoms. The summed E-state index contributed by atoms with van der Waals surface area (Å²) in [6.45, 7) is 5.84. The van der Waals surface area contributed by atoms with Gasteiger partial charge in [0.1, 0.15) is 0 Å². The monoisotopic (exact) mass is 417 g/mol. The molecule has 31 heavy (non-hydrogen) atoms. The number of amides is 1. The normalized spacial score (nSPS) is 18.5. The number of nitrogens with zero attached hydrogens (tertiary/aromatic N) is 1. The molecule has 166 valence electrons. The van der Waals surface area contributed by atoms with Gasteiger partial charge in [-0.1, -0.05) is 88.4 Å². The summed E-state index contributed by atoms with van der Waals surface area (Å²) in [6, 6.07) is 17.3. The Morgan fingerprint density at radius 1 is 0.903 bits per heavy atom. The molecule has 0 heterocycles. The summed E-state index contributed by atoms with van der Waals surface area (Å²) >= 11 is 0. The average molecular weight is 418 g/mol. The highest BCUT2D eigenvalue weighted by atomic mass is 16.2. The minimum Gasteiger partial charge on any atom is -0.312 e. The molecule has 0 radical (unpaired) electrons. The largest absolute Gasteiger partial charge is 0.312 e. The molecule has 0 bridgehead atoms. The second-order valence-corrected chi connectivity index (χ2v) is 9.19. The molecular formula is C29H39NO. The molecule has 0 atom stereocenters. The van der Waals surface area contributed by atoms with Gasteiger partial charge in [-0.2, -0.15) is 0 Å². The molecule has 2 nitrogen and oxygen atoms in total. The van der Waals surface area contributed by atoms with E-state index < -0.39 is 0 Å². The molecule has 0 aromatic heterocycles. The van der Waals surface area contributed by atoms with Crippen molar-refractivity contribution in [2.75, 3.05) is 11.9 Å². The fourth-order valence-corrected chi connectivity index (χ4v) is 4.91. The Hall–Kier alpha value is -2.35. The zero-order chi connectivity index (χ0) is 22.1. The molecule has 0 aliphatic heterocycles. The van der Waals surface area contributed by atoms with Crippen LogP contribution in [0.15, 0.2) is 61.2 Å². The van der Waals surface area contributed by atoms with Gasteiger partial charge in [-0.25, -0.2) is 0 Å². The minimum absolute atomic E-state index is 0.0942. The highest BCUT2D eigenvalue weighted by Gasteiger charge is 2.22. The molecule has 1 amide bonds. The Bertz CT molecular complexity index is 813. The van der Waals surface area contributed by atoms with Crippen molar-refractivity contribution in [1.82, 2.24) is 0 Å². The smallest absolute Gasteiger partial charge is 0.250 e. The van der Waals surface area contributed by atoms with Crippen LogP contribution in [-0.4, -0.2) is 13.0 Å². The third-order valence-corrected chi connectivity index (χ3v) is 7.04. The Balaban J connectivity index is 1.50. The topological polar surface area (TPSA) is 20.3 Å². The van der Waals surface area contributed by atoms with Crippen molar-refractivity contribution in [2.24, 2.45) is 5.92 Å². The van der Waals surface area contributed by atoms with Gasteiger partial charge in [0.25, 0.3) is 0 Å². The third-order valence-electron chi connectivity index (χ3n) is 7.04. The van der Waals surface area contributed by atoms with E-state index in [-0.39, 0.29) is 5.91 Å².